The van der Waals surface area contributed by atoms with E-state index in [4.69, 9.17) is 10.5 Å². The van der Waals surface area contributed by atoms with Gasteiger partial charge in [-0.1, -0.05) is 24.3 Å². The van der Waals surface area contributed by atoms with Gasteiger partial charge >= 0.3 is 5.97 Å². The number of nitrogens with two attached hydrogens (primary N) is 1. The third kappa shape index (κ3) is 1.37. The van der Waals surface area contributed by atoms with E-state index in [1.165, 1.54) is 6.20 Å². The lowest BCUT2D eigenvalue weighted by atomic mass is 10.0. The quantitative estimate of drug-likeness (QED) is 0.721. The fourth-order valence-electron chi connectivity index (χ4n) is 1.60. The van der Waals surface area contributed by atoms with Gasteiger partial charge in [0.25, 0.3) is 0 Å². The van der Waals surface area contributed by atoms with Crippen LogP contribution in [0.1, 0.15) is 28.4 Å². The molecule has 1 aromatic carbocycles. The SMILES string of the molecule is NC=CCC1OC(=O)c2ccccc21. The van der Waals surface area contributed by atoms with Crippen molar-refractivity contribution in [2.24, 2.45) is 5.73 Å². The van der Waals surface area contributed by atoms with Crippen LogP contribution in [0.15, 0.2) is 36.5 Å². The number of hydrogen-bond donors (Lipinski definition) is 1. The molecule has 2 N–H and O–H groups in total. The number of carbonyl (C=O) groups excluding carboxylic acids is 1. The molecule has 0 fully saturated rings. The molecule has 1 aromatic rings. The molecule has 0 saturated carbocycles. The minimum absolute atomic E-state index is 0.168. The zero-order valence-electron chi connectivity index (χ0n) is 7.64. The fraction of sp³-hybridized carbons (Fsp3) is 0.182. The molecule has 0 amide bonds. The molecular formula is C11H11NO2. The van der Waals surface area contributed by atoms with Crippen LogP contribution < -0.4 is 5.73 Å². The van der Waals surface area contributed by atoms with E-state index in [1.807, 2.05) is 18.2 Å². The zero-order chi connectivity index (χ0) is 9.97. The van der Waals surface area contributed by atoms with E-state index >= 15 is 0 Å². The Balaban J connectivity index is 2.29. The van der Waals surface area contributed by atoms with Crippen molar-refractivity contribution in [3.63, 3.8) is 0 Å². The maximum absolute atomic E-state index is 11.4. The number of esters is 1. The molecule has 0 aromatic heterocycles. The lowest BCUT2D eigenvalue weighted by molar-refractivity contribution is 0.0392. The summed E-state index contributed by atoms with van der Waals surface area (Å²) in [6.07, 6.45) is 3.73. The first-order chi connectivity index (χ1) is 6.83. The van der Waals surface area contributed by atoms with Gasteiger partial charge in [0.2, 0.25) is 0 Å². The maximum atomic E-state index is 11.4. The Bertz CT molecular complexity index is 385. The molecule has 1 aliphatic rings. The summed E-state index contributed by atoms with van der Waals surface area (Å²) in [6, 6.07) is 7.43. The van der Waals surface area contributed by atoms with Crippen LogP contribution in [0.25, 0.3) is 0 Å². The lowest BCUT2D eigenvalue weighted by Crippen LogP contribution is -1.97. The maximum Gasteiger partial charge on any atom is 0.339 e. The van der Waals surface area contributed by atoms with Gasteiger partial charge in [-0.2, -0.15) is 0 Å². The van der Waals surface area contributed by atoms with E-state index in [9.17, 15) is 4.79 Å². The van der Waals surface area contributed by atoms with Crippen LogP contribution in [0.3, 0.4) is 0 Å². The number of cyclic esters (lactones) is 1. The van der Waals surface area contributed by atoms with Gasteiger partial charge in [-0.05, 0) is 12.3 Å². The third-order valence-electron chi connectivity index (χ3n) is 2.26. The summed E-state index contributed by atoms with van der Waals surface area (Å²) in [7, 11) is 0. The van der Waals surface area contributed by atoms with E-state index in [1.54, 1.807) is 12.1 Å². The molecule has 1 atom stereocenters. The summed E-state index contributed by atoms with van der Waals surface area (Å²) < 4.78 is 5.19. The molecule has 0 aliphatic carbocycles. The first kappa shape index (κ1) is 8.81. The first-order valence-electron chi connectivity index (χ1n) is 4.49. The molecule has 72 valence electrons. The van der Waals surface area contributed by atoms with Crippen molar-refractivity contribution >= 4 is 5.97 Å². The normalized spacial score (nSPS) is 19.7. The van der Waals surface area contributed by atoms with Crippen LogP contribution in [0.2, 0.25) is 0 Å². The molecule has 0 bridgehead atoms. The summed E-state index contributed by atoms with van der Waals surface area (Å²) in [4.78, 5) is 11.4. The molecule has 3 nitrogen and oxygen atoms in total. The average Bonchev–Trinajstić information content (AvgIpc) is 2.54. The predicted molar refractivity (Wildman–Crippen MR) is 52.5 cm³/mol. The Labute approximate surface area is 82.2 Å². The molecule has 0 saturated heterocycles. The summed E-state index contributed by atoms with van der Waals surface area (Å²) in [5, 5.41) is 0. The van der Waals surface area contributed by atoms with Gasteiger partial charge in [0, 0.05) is 12.0 Å². The summed E-state index contributed by atoms with van der Waals surface area (Å²) in [6.45, 7) is 0. The van der Waals surface area contributed by atoms with Gasteiger partial charge in [-0.15, -0.1) is 0 Å². The van der Waals surface area contributed by atoms with E-state index in [0.717, 1.165) is 5.56 Å². The van der Waals surface area contributed by atoms with Crippen molar-refractivity contribution in [3.8, 4) is 0 Å². The number of ether oxygens (including phenoxy) is 1. The Morgan fingerprint density at radius 2 is 2.21 bits per heavy atom. The Morgan fingerprint density at radius 3 is 3.00 bits per heavy atom. The first-order valence-corrected chi connectivity index (χ1v) is 4.49. The largest absolute Gasteiger partial charge is 0.454 e. The van der Waals surface area contributed by atoms with Crippen molar-refractivity contribution in [1.82, 2.24) is 0 Å². The third-order valence-corrected chi connectivity index (χ3v) is 2.26. The van der Waals surface area contributed by atoms with Gasteiger partial charge in [-0.25, -0.2) is 4.79 Å². The van der Waals surface area contributed by atoms with Gasteiger partial charge in [0.1, 0.15) is 6.10 Å². The second-order valence-electron chi connectivity index (χ2n) is 3.15. The van der Waals surface area contributed by atoms with Crippen molar-refractivity contribution in [2.75, 3.05) is 0 Å². The van der Waals surface area contributed by atoms with E-state index < -0.39 is 0 Å². The van der Waals surface area contributed by atoms with E-state index in [-0.39, 0.29) is 12.1 Å². The fourth-order valence-corrected chi connectivity index (χ4v) is 1.60. The highest BCUT2D eigenvalue weighted by atomic mass is 16.5. The molecule has 1 unspecified atom stereocenters. The van der Waals surface area contributed by atoms with Gasteiger partial charge < -0.3 is 10.5 Å². The van der Waals surface area contributed by atoms with Crippen molar-refractivity contribution in [3.05, 3.63) is 47.7 Å². The molecule has 1 heterocycles. The summed E-state index contributed by atoms with van der Waals surface area (Å²) >= 11 is 0. The van der Waals surface area contributed by atoms with Crippen molar-refractivity contribution < 1.29 is 9.53 Å². The molecule has 14 heavy (non-hydrogen) atoms. The van der Waals surface area contributed by atoms with Crippen LogP contribution in [0.4, 0.5) is 0 Å². The minimum atomic E-state index is -0.240. The monoisotopic (exact) mass is 189 g/mol. The van der Waals surface area contributed by atoms with Crippen LogP contribution in [-0.2, 0) is 4.74 Å². The minimum Gasteiger partial charge on any atom is -0.454 e. The molecule has 0 spiro atoms. The highest BCUT2D eigenvalue weighted by Crippen LogP contribution is 2.32. The van der Waals surface area contributed by atoms with Gasteiger partial charge in [-0.3, -0.25) is 0 Å². The Kier molecular flexibility index (Phi) is 2.23. The molecular weight excluding hydrogens is 178 g/mol. The highest BCUT2D eigenvalue weighted by molar-refractivity contribution is 5.93. The van der Waals surface area contributed by atoms with Crippen LogP contribution in [0, 0.1) is 0 Å². The Morgan fingerprint density at radius 1 is 1.43 bits per heavy atom. The summed E-state index contributed by atoms with van der Waals surface area (Å²) in [5.41, 5.74) is 6.86. The predicted octanol–water partition coefficient (Wildman–Crippen LogP) is 1.76. The van der Waals surface area contributed by atoms with E-state index in [2.05, 4.69) is 0 Å². The highest BCUT2D eigenvalue weighted by Gasteiger charge is 2.29. The standard InChI is InChI=1S/C11H11NO2/c12-7-3-6-10-8-4-1-2-5-9(8)11(13)14-10/h1-5,7,10H,6,12H2. The molecule has 3 heteroatoms. The van der Waals surface area contributed by atoms with Gasteiger partial charge in [0.05, 0.1) is 5.56 Å². The molecule has 0 radical (unpaired) electrons. The van der Waals surface area contributed by atoms with Crippen LogP contribution in [0.5, 0.6) is 0 Å². The van der Waals surface area contributed by atoms with E-state index in [0.29, 0.717) is 12.0 Å². The number of rotatable bonds is 2. The topological polar surface area (TPSA) is 52.3 Å². The number of carbonyl (C=O) groups is 1. The smallest absolute Gasteiger partial charge is 0.339 e. The lowest BCUT2D eigenvalue weighted by Gasteiger charge is -2.06. The van der Waals surface area contributed by atoms with Crippen molar-refractivity contribution in [2.45, 2.75) is 12.5 Å². The van der Waals surface area contributed by atoms with Crippen molar-refractivity contribution in [1.29, 1.82) is 0 Å². The van der Waals surface area contributed by atoms with Crippen LogP contribution >= 0.6 is 0 Å². The molecule has 2 rings (SSSR count). The van der Waals surface area contributed by atoms with Crippen LogP contribution in [-0.4, -0.2) is 5.97 Å². The average molecular weight is 189 g/mol. The second kappa shape index (κ2) is 3.54. The zero-order valence-corrected chi connectivity index (χ0v) is 7.64. The number of fused-ring (bicyclic) bond motifs is 1. The van der Waals surface area contributed by atoms with Gasteiger partial charge in [0.15, 0.2) is 0 Å². The molecule has 1 aliphatic heterocycles. The second-order valence-corrected chi connectivity index (χ2v) is 3.15. The summed E-state index contributed by atoms with van der Waals surface area (Å²) in [5.74, 6) is -0.240. The Hall–Kier alpha value is -1.77. The number of hydrogen-bond acceptors (Lipinski definition) is 3. The number of benzene rings is 1.